The molecule has 0 aromatic heterocycles. The highest BCUT2D eigenvalue weighted by Gasteiger charge is 2.39. The molecule has 1 aromatic rings. The summed E-state index contributed by atoms with van der Waals surface area (Å²) in [7, 11) is 0. The molecule has 34 heavy (non-hydrogen) atoms. The summed E-state index contributed by atoms with van der Waals surface area (Å²) in [6, 6.07) is 2.13. The molecule has 11 heteroatoms. The maximum absolute atomic E-state index is 13.4. The molecule has 186 valence electrons. The zero-order chi connectivity index (χ0) is 24.5. The van der Waals surface area contributed by atoms with Gasteiger partial charge in [0.2, 0.25) is 11.8 Å². The molecule has 0 N–H and O–H groups in total. The Bertz CT molecular complexity index is 941. The maximum Gasteiger partial charge on any atom is 0.416 e. The predicted octanol–water partition coefficient (Wildman–Crippen LogP) is 3.83. The van der Waals surface area contributed by atoms with E-state index >= 15 is 0 Å². The van der Waals surface area contributed by atoms with Crippen LogP contribution >= 0.6 is 0 Å². The van der Waals surface area contributed by atoms with Crippen molar-refractivity contribution in [2.75, 3.05) is 37.6 Å². The molecular formula is C23H29F3N4O4. The van der Waals surface area contributed by atoms with Crippen LogP contribution in [0.25, 0.3) is 0 Å². The predicted molar refractivity (Wildman–Crippen MR) is 118 cm³/mol. The summed E-state index contributed by atoms with van der Waals surface area (Å²) in [5.74, 6) is -0.334. The zero-order valence-corrected chi connectivity index (χ0v) is 18.9. The number of nitro benzene ring substituents is 1. The number of hydrogen-bond donors (Lipinski definition) is 0. The number of alkyl halides is 3. The number of benzene rings is 1. The van der Waals surface area contributed by atoms with Crippen molar-refractivity contribution in [1.29, 1.82) is 0 Å². The Labute approximate surface area is 195 Å². The van der Waals surface area contributed by atoms with Crippen LogP contribution in [-0.2, 0) is 15.8 Å². The largest absolute Gasteiger partial charge is 0.416 e. The fourth-order valence-electron chi connectivity index (χ4n) is 5.32. The van der Waals surface area contributed by atoms with Crippen molar-refractivity contribution in [2.45, 2.75) is 57.2 Å². The minimum absolute atomic E-state index is 0.0309. The minimum atomic E-state index is -4.67. The van der Waals surface area contributed by atoms with Crippen molar-refractivity contribution in [2.24, 2.45) is 5.92 Å². The summed E-state index contributed by atoms with van der Waals surface area (Å²) in [6.07, 6.45) is 0.589. The average molecular weight is 483 g/mol. The lowest BCUT2D eigenvalue weighted by Gasteiger charge is -2.40. The van der Waals surface area contributed by atoms with Crippen LogP contribution in [0.3, 0.4) is 0 Å². The van der Waals surface area contributed by atoms with Crippen LogP contribution in [0, 0.1) is 16.0 Å². The molecule has 3 saturated heterocycles. The summed E-state index contributed by atoms with van der Waals surface area (Å²) >= 11 is 0. The van der Waals surface area contributed by atoms with E-state index in [-0.39, 0.29) is 23.4 Å². The number of nitrogens with zero attached hydrogens (tertiary/aromatic N) is 4. The van der Waals surface area contributed by atoms with Crippen LogP contribution in [0.5, 0.6) is 0 Å². The van der Waals surface area contributed by atoms with Gasteiger partial charge in [-0.05, 0) is 57.1 Å². The zero-order valence-electron chi connectivity index (χ0n) is 18.9. The highest BCUT2D eigenvalue weighted by Crippen LogP contribution is 2.38. The van der Waals surface area contributed by atoms with E-state index < -0.39 is 28.4 Å². The summed E-state index contributed by atoms with van der Waals surface area (Å²) in [4.78, 5) is 42.3. The summed E-state index contributed by atoms with van der Waals surface area (Å²) in [6.45, 7) is 2.67. The SMILES string of the molecule is O=C(C1CCCCN1C(=O)C1CCN(c2ccc(C(F)(F)F)cc2[N+](=O)[O-])CC1)N1CCCC1. The molecule has 0 radical (unpaired) electrons. The number of halogens is 3. The first-order valence-electron chi connectivity index (χ1n) is 11.9. The third-order valence-electron chi connectivity index (χ3n) is 7.17. The molecule has 1 atom stereocenters. The average Bonchev–Trinajstić information content (AvgIpc) is 3.37. The second-order valence-corrected chi connectivity index (χ2v) is 9.30. The summed E-state index contributed by atoms with van der Waals surface area (Å²) in [5, 5.41) is 11.4. The van der Waals surface area contributed by atoms with Gasteiger partial charge < -0.3 is 14.7 Å². The number of likely N-dealkylation sites (tertiary alicyclic amines) is 2. The smallest absolute Gasteiger partial charge is 0.366 e. The second kappa shape index (κ2) is 9.79. The molecule has 0 bridgehead atoms. The molecule has 1 unspecified atom stereocenters. The first-order valence-corrected chi connectivity index (χ1v) is 11.9. The molecule has 8 nitrogen and oxygen atoms in total. The highest BCUT2D eigenvalue weighted by molar-refractivity contribution is 5.89. The minimum Gasteiger partial charge on any atom is -0.366 e. The van der Waals surface area contributed by atoms with Crippen molar-refractivity contribution in [3.05, 3.63) is 33.9 Å². The van der Waals surface area contributed by atoms with Crippen molar-refractivity contribution in [1.82, 2.24) is 9.80 Å². The molecule has 0 spiro atoms. The van der Waals surface area contributed by atoms with Crippen molar-refractivity contribution in [3.8, 4) is 0 Å². The molecule has 0 aliphatic carbocycles. The Morgan fingerprint density at radius 3 is 2.18 bits per heavy atom. The number of amides is 2. The van der Waals surface area contributed by atoms with Gasteiger partial charge in [-0.25, -0.2) is 0 Å². The van der Waals surface area contributed by atoms with Crippen molar-refractivity contribution < 1.29 is 27.7 Å². The van der Waals surface area contributed by atoms with Crippen molar-refractivity contribution in [3.63, 3.8) is 0 Å². The monoisotopic (exact) mass is 482 g/mol. The quantitative estimate of drug-likeness (QED) is 0.481. The van der Waals surface area contributed by atoms with Crippen LogP contribution in [0.1, 0.15) is 50.5 Å². The number of nitro groups is 1. The number of anilines is 1. The molecule has 3 aliphatic rings. The third kappa shape index (κ3) is 4.97. The molecule has 2 amide bonds. The fourth-order valence-corrected chi connectivity index (χ4v) is 5.32. The van der Waals surface area contributed by atoms with Crippen LogP contribution in [-0.4, -0.2) is 65.3 Å². The van der Waals surface area contributed by atoms with E-state index in [1.165, 1.54) is 0 Å². The Kier molecular flexibility index (Phi) is 6.99. The summed E-state index contributed by atoms with van der Waals surface area (Å²) in [5.41, 5.74) is -1.53. The Morgan fingerprint density at radius 1 is 0.912 bits per heavy atom. The Balaban J connectivity index is 1.43. The van der Waals surface area contributed by atoms with E-state index in [4.69, 9.17) is 0 Å². The third-order valence-corrected chi connectivity index (χ3v) is 7.17. The van der Waals surface area contributed by atoms with E-state index in [1.54, 1.807) is 9.80 Å². The standard InChI is InChI=1S/C23H29F3N4O4/c24-23(25,26)17-6-7-18(20(15-17)30(33)34)27-13-8-16(9-14-27)21(31)29-12-2-1-5-19(29)22(32)28-10-3-4-11-28/h6-7,15-16,19H,1-5,8-14H2. The van der Waals surface area contributed by atoms with Gasteiger partial charge in [-0.1, -0.05) is 0 Å². The fraction of sp³-hybridized carbons (Fsp3) is 0.652. The number of carbonyl (C=O) groups excluding carboxylic acids is 2. The van der Waals surface area contributed by atoms with Gasteiger partial charge in [0.25, 0.3) is 5.69 Å². The lowest BCUT2D eigenvalue weighted by Crippen LogP contribution is -2.55. The van der Waals surface area contributed by atoms with Gasteiger partial charge in [0.1, 0.15) is 11.7 Å². The maximum atomic E-state index is 13.4. The number of piperidine rings is 2. The second-order valence-electron chi connectivity index (χ2n) is 9.30. The van der Waals surface area contributed by atoms with Crippen LogP contribution in [0.15, 0.2) is 18.2 Å². The molecule has 3 aliphatic heterocycles. The van der Waals surface area contributed by atoms with Gasteiger partial charge in [0.05, 0.1) is 10.5 Å². The molecule has 0 saturated carbocycles. The van der Waals surface area contributed by atoms with Crippen molar-refractivity contribution >= 4 is 23.2 Å². The van der Waals surface area contributed by atoms with E-state index in [0.29, 0.717) is 45.0 Å². The van der Waals surface area contributed by atoms with Gasteiger partial charge in [-0.3, -0.25) is 19.7 Å². The number of carbonyl (C=O) groups is 2. The first kappa shape index (κ1) is 24.3. The van der Waals surface area contributed by atoms with Gasteiger partial charge in [-0.2, -0.15) is 13.2 Å². The number of hydrogen-bond acceptors (Lipinski definition) is 5. The van der Waals surface area contributed by atoms with E-state index in [1.807, 2.05) is 4.90 Å². The van der Waals surface area contributed by atoms with E-state index in [9.17, 15) is 32.9 Å². The van der Waals surface area contributed by atoms with E-state index in [2.05, 4.69) is 0 Å². The summed E-state index contributed by atoms with van der Waals surface area (Å²) < 4.78 is 39.0. The van der Waals surface area contributed by atoms with Gasteiger partial charge >= 0.3 is 6.18 Å². The lowest BCUT2D eigenvalue weighted by molar-refractivity contribution is -0.384. The molecule has 3 heterocycles. The van der Waals surface area contributed by atoms with Gasteiger partial charge in [0, 0.05) is 44.7 Å². The Hall–Kier alpha value is -2.85. The topological polar surface area (TPSA) is 87.0 Å². The van der Waals surface area contributed by atoms with Gasteiger partial charge in [-0.15, -0.1) is 0 Å². The van der Waals surface area contributed by atoms with Crippen LogP contribution in [0.4, 0.5) is 24.5 Å². The normalized spacial score (nSPS) is 22.2. The highest BCUT2D eigenvalue weighted by atomic mass is 19.4. The molecular weight excluding hydrogens is 453 g/mol. The Morgan fingerprint density at radius 2 is 1.56 bits per heavy atom. The van der Waals surface area contributed by atoms with Crippen LogP contribution in [0.2, 0.25) is 0 Å². The molecule has 4 rings (SSSR count). The van der Waals surface area contributed by atoms with Crippen LogP contribution < -0.4 is 4.90 Å². The number of rotatable bonds is 4. The molecule has 3 fully saturated rings. The first-order chi connectivity index (χ1) is 16.2. The lowest BCUT2D eigenvalue weighted by atomic mass is 9.91. The van der Waals surface area contributed by atoms with E-state index in [0.717, 1.165) is 50.9 Å². The molecule has 1 aromatic carbocycles. The van der Waals surface area contributed by atoms with Gasteiger partial charge in [0.15, 0.2) is 0 Å².